The van der Waals surface area contributed by atoms with E-state index in [4.69, 9.17) is 10.5 Å². The molecule has 2 rings (SSSR count). The van der Waals surface area contributed by atoms with Crippen molar-refractivity contribution in [2.24, 2.45) is 11.7 Å². The quantitative estimate of drug-likeness (QED) is 0.659. The molecule has 0 bridgehead atoms. The molecule has 1 aliphatic rings. The van der Waals surface area contributed by atoms with Gasteiger partial charge in [0, 0.05) is 30.9 Å². The van der Waals surface area contributed by atoms with E-state index in [1.54, 1.807) is 0 Å². The van der Waals surface area contributed by atoms with E-state index in [1.807, 2.05) is 0 Å². The number of phenolic OH excluding ortho intramolecular Hbond substituents is 1. The number of phenols is 1. The summed E-state index contributed by atoms with van der Waals surface area (Å²) in [7, 11) is 0. The van der Waals surface area contributed by atoms with Crippen LogP contribution in [-0.4, -0.2) is 23.2 Å². The van der Waals surface area contributed by atoms with Gasteiger partial charge in [0.15, 0.2) is 11.6 Å². The number of nitrogens with zero attached hydrogens (tertiary/aromatic N) is 1. The van der Waals surface area contributed by atoms with Crippen LogP contribution in [0.15, 0.2) is 12.1 Å². The number of benzene rings is 1. The summed E-state index contributed by atoms with van der Waals surface area (Å²) in [6, 6.07) is 1.19. The van der Waals surface area contributed by atoms with Gasteiger partial charge in [-0.05, 0) is 18.8 Å². The Kier molecular flexibility index (Phi) is 5.67. The molecule has 8 heteroatoms. The number of halogens is 2. The molecule has 112 valence electrons. The molecule has 1 fully saturated rings. The third-order valence-electron chi connectivity index (χ3n) is 3.42. The van der Waals surface area contributed by atoms with Crippen molar-refractivity contribution in [2.45, 2.75) is 18.9 Å². The number of aromatic hydroxyl groups is 1. The van der Waals surface area contributed by atoms with Crippen molar-refractivity contribution in [3.63, 3.8) is 0 Å². The Morgan fingerprint density at radius 3 is 2.60 bits per heavy atom. The summed E-state index contributed by atoms with van der Waals surface area (Å²) in [5.74, 6) is -1.61. The Morgan fingerprint density at radius 2 is 2.05 bits per heavy atom. The number of nitrogens with two attached hydrogens (primary N) is 1. The summed E-state index contributed by atoms with van der Waals surface area (Å²) in [6.45, 7) is 1.10. The molecule has 3 N–H and O–H groups in total. The first-order valence-electron chi connectivity index (χ1n) is 6.01. The first-order valence-corrected chi connectivity index (χ1v) is 6.01. The fourth-order valence-electron chi connectivity index (χ4n) is 2.29. The van der Waals surface area contributed by atoms with Gasteiger partial charge >= 0.3 is 0 Å². The number of nitro groups is 1. The molecule has 0 unspecified atom stereocenters. The summed E-state index contributed by atoms with van der Waals surface area (Å²) in [4.78, 5) is 10.0. The van der Waals surface area contributed by atoms with Gasteiger partial charge in [-0.15, -0.1) is 12.4 Å². The zero-order chi connectivity index (χ0) is 14.0. The molecule has 0 aromatic heterocycles. The van der Waals surface area contributed by atoms with Gasteiger partial charge in [-0.2, -0.15) is 0 Å². The Hall–Kier alpha value is -1.44. The van der Waals surface area contributed by atoms with Gasteiger partial charge in [0.1, 0.15) is 0 Å². The van der Waals surface area contributed by atoms with E-state index >= 15 is 0 Å². The summed E-state index contributed by atoms with van der Waals surface area (Å²) < 4.78 is 18.7. The summed E-state index contributed by atoms with van der Waals surface area (Å²) in [5.41, 5.74) is 5.68. The normalized spacial score (nSPS) is 17.3. The van der Waals surface area contributed by atoms with E-state index in [2.05, 4.69) is 0 Å². The standard InChI is InChI=1S/C12H15FN2O4.ClH/c13-10-6-8(15(17)18)5-9(12(10)16)11(14)7-1-3-19-4-2-7;/h5-7,11,16H,1-4,14H2;1H/t11-;/m1./s1. The summed E-state index contributed by atoms with van der Waals surface area (Å²) in [6.07, 6.45) is 1.37. The Bertz CT molecular complexity index is 495. The SMILES string of the molecule is Cl.N[C@@H](c1cc([N+](=O)[O-])cc(F)c1O)C1CCOCC1. The average Bonchev–Trinajstić information content (AvgIpc) is 2.41. The minimum atomic E-state index is -1.02. The molecule has 1 aromatic rings. The first kappa shape index (κ1) is 16.6. The zero-order valence-corrected chi connectivity index (χ0v) is 11.4. The molecule has 6 nitrogen and oxygen atoms in total. The van der Waals surface area contributed by atoms with Gasteiger partial charge < -0.3 is 15.6 Å². The highest BCUT2D eigenvalue weighted by Gasteiger charge is 2.27. The molecule has 1 aliphatic heterocycles. The zero-order valence-electron chi connectivity index (χ0n) is 10.6. The van der Waals surface area contributed by atoms with Crippen LogP contribution in [-0.2, 0) is 4.74 Å². The van der Waals surface area contributed by atoms with Crippen molar-refractivity contribution in [1.82, 2.24) is 0 Å². The molecular formula is C12H16ClFN2O4. The van der Waals surface area contributed by atoms with Crippen LogP contribution in [0.2, 0.25) is 0 Å². The van der Waals surface area contributed by atoms with Crippen LogP contribution in [0.4, 0.5) is 10.1 Å². The van der Waals surface area contributed by atoms with Gasteiger partial charge in [-0.3, -0.25) is 10.1 Å². The number of rotatable bonds is 3. The number of hydrogen-bond donors (Lipinski definition) is 2. The summed E-state index contributed by atoms with van der Waals surface area (Å²) >= 11 is 0. The molecule has 1 heterocycles. The third-order valence-corrected chi connectivity index (χ3v) is 3.42. The van der Waals surface area contributed by atoms with Crippen LogP contribution in [0, 0.1) is 21.8 Å². The lowest BCUT2D eigenvalue weighted by molar-refractivity contribution is -0.385. The number of ether oxygens (including phenoxy) is 1. The van der Waals surface area contributed by atoms with Crippen LogP contribution in [0.1, 0.15) is 24.4 Å². The molecule has 1 atom stereocenters. The predicted octanol–water partition coefficient (Wildman–Crippen LogP) is 2.29. The van der Waals surface area contributed by atoms with Crippen molar-refractivity contribution < 1.29 is 19.2 Å². The predicted molar refractivity (Wildman–Crippen MR) is 72.4 cm³/mol. The van der Waals surface area contributed by atoms with Crippen molar-refractivity contribution in [3.05, 3.63) is 33.6 Å². The van der Waals surface area contributed by atoms with Crippen LogP contribution in [0.5, 0.6) is 5.75 Å². The van der Waals surface area contributed by atoms with Crippen LogP contribution in [0.3, 0.4) is 0 Å². The number of nitro benzene ring substituents is 1. The number of non-ortho nitro benzene ring substituents is 1. The molecule has 0 saturated carbocycles. The van der Waals surface area contributed by atoms with Gasteiger partial charge in [0.05, 0.1) is 11.0 Å². The molecule has 0 aliphatic carbocycles. The highest BCUT2D eigenvalue weighted by molar-refractivity contribution is 5.85. The van der Waals surface area contributed by atoms with E-state index in [0.717, 1.165) is 6.07 Å². The van der Waals surface area contributed by atoms with E-state index in [-0.39, 0.29) is 23.9 Å². The lowest BCUT2D eigenvalue weighted by Crippen LogP contribution is -2.27. The Balaban J connectivity index is 0.00000200. The van der Waals surface area contributed by atoms with Gasteiger partial charge in [0.25, 0.3) is 5.69 Å². The largest absolute Gasteiger partial charge is 0.505 e. The Morgan fingerprint density at radius 1 is 1.45 bits per heavy atom. The van der Waals surface area contributed by atoms with Crippen molar-refractivity contribution in [3.8, 4) is 5.75 Å². The topological polar surface area (TPSA) is 98.6 Å². The first-order chi connectivity index (χ1) is 9.00. The maximum Gasteiger partial charge on any atom is 0.272 e. The molecule has 1 aromatic carbocycles. The average molecular weight is 307 g/mol. The number of hydrogen-bond acceptors (Lipinski definition) is 5. The molecular weight excluding hydrogens is 291 g/mol. The molecule has 20 heavy (non-hydrogen) atoms. The summed E-state index contributed by atoms with van der Waals surface area (Å²) in [5, 5.41) is 20.4. The lowest BCUT2D eigenvalue weighted by atomic mass is 9.87. The Labute approximate surface area is 121 Å². The lowest BCUT2D eigenvalue weighted by Gasteiger charge is -2.28. The fraction of sp³-hybridized carbons (Fsp3) is 0.500. The maximum absolute atomic E-state index is 13.5. The van der Waals surface area contributed by atoms with Crippen molar-refractivity contribution in [2.75, 3.05) is 13.2 Å². The molecule has 0 spiro atoms. The second-order valence-corrected chi connectivity index (χ2v) is 4.60. The second kappa shape index (κ2) is 6.83. The van der Waals surface area contributed by atoms with E-state index in [1.165, 1.54) is 0 Å². The van der Waals surface area contributed by atoms with E-state index in [9.17, 15) is 19.6 Å². The second-order valence-electron chi connectivity index (χ2n) is 4.60. The molecule has 0 radical (unpaired) electrons. The highest BCUT2D eigenvalue weighted by Crippen LogP contribution is 2.36. The van der Waals surface area contributed by atoms with Crippen LogP contribution >= 0.6 is 12.4 Å². The van der Waals surface area contributed by atoms with E-state index in [0.29, 0.717) is 32.1 Å². The maximum atomic E-state index is 13.5. The fourth-order valence-corrected chi connectivity index (χ4v) is 2.29. The van der Waals surface area contributed by atoms with Crippen LogP contribution < -0.4 is 5.73 Å². The van der Waals surface area contributed by atoms with Crippen molar-refractivity contribution >= 4 is 18.1 Å². The molecule has 0 amide bonds. The highest BCUT2D eigenvalue weighted by atomic mass is 35.5. The van der Waals surface area contributed by atoms with E-state index < -0.39 is 28.2 Å². The third kappa shape index (κ3) is 3.36. The van der Waals surface area contributed by atoms with Gasteiger partial charge in [-0.1, -0.05) is 0 Å². The minimum Gasteiger partial charge on any atom is -0.505 e. The van der Waals surface area contributed by atoms with Gasteiger partial charge in [-0.25, -0.2) is 4.39 Å². The smallest absolute Gasteiger partial charge is 0.272 e. The monoisotopic (exact) mass is 306 g/mol. The minimum absolute atomic E-state index is 0. The van der Waals surface area contributed by atoms with Gasteiger partial charge in [0.2, 0.25) is 0 Å². The van der Waals surface area contributed by atoms with Crippen LogP contribution in [0.25, 0.3) is 0 Å². The molecule has 1 saturated heterocycles. The van der Waals surface area contributed by atoms with Crippen molar-refractivity contribution in [1.29, 1.82) is 0 Å².